The van der Waals surface area contributed by atoms with Crippen LogP contribution in [0.5, 0.6) is 5.75 Å². The molecule has 180 valence electrons. The Hall–Kier alpha value is -2.72. The van der Waals surface area contributed by atoms with Gasteiger partial charge < -0.3 is 19.5 Å². The summed E-state index contributed by atoms with van der Waals surface area (Å²) in [6.45, 7) is 11.6. The van der Waals surface area contributed by atoms with Crippen LogP contribution in [0.2, 0.25) is 5.02 Å². The molecule has 1 saturated heterocycles. The van der Waals surface area contributed by atoms with Gasteiger partial charge in [-0.05, 0) is 11.3 Å². The lowest BCUT2D eigenvalue weighted by atomic mass is 9.65. The number of amides is 1. The maximum atomic E-state index is 12.1. The average Bonchev–Trinajstić information content (AvgIpc) is 2.76. The standard InChI is InChI=1S/C22H31ClN6O4/c1-14(2)22(21(3,4)5)12-28(7-8-29(22)20(30)31)19-25-11-16(26-27-19)18-17(33-13-32-6)9-15(23)10-24-18/h9-11,14H,7-8,12-13H2,1-6H3,(H,30,31)/t22-/m0/s1. The highest BCUT2D eigenvalue weighted by Gasteiger charge is 2.54. The second-order valence-corrected chi connectivity index (χ2v) is 9.82. The van der Waals surface area contributed by atoms with E-state index in [-0.39, 0.29) is 18.1 Å². The Morgan fingerprint density at radius 3 is 2.52 bits per heavy atom. The van der Waals surface area contributed by atoms with E-state index in [2.05, 4.69) is 54.8 Å². The molecule has 10 nitrogen and oxygen atoms in total. The molecule has 11 heteroatoms. The van der Waals surface area contributed by atoms with Crippen molar-refractivity contribution in [3.63, 3.8) is 0 Å². The zero-order valence-electron chi connectivity index (χ0n) is 19.9. The summed E-state index contributed by atoms with van der Waals surface area (Å²) in [5.74, 6) is 0.920. The van der Waals surface area contributed by atoms with Crippen molar-refractivity contribution in [1.82, 2.24) is 25.1 Å². The molecule has 2 aromatic heterocycles. The van der Waals surface area contributed by atoms with Crippen LogP contribution in [-0.2, 0) is 4.74 Å². The van der Waals surface area contributed by atoms with Crippen molar-refractivity contribution in [2.75, 3.05) is 38.4 Å². The number of ether oxygens (including phenoxy) is 2. The van der Waals surface area contributed by atoms with Crippen molar-refractivity contribution in [3.05, 3.63) is 23.5 Å². The van der Waals surface area contributed by atoms with Gasteiger partial charge in [-0.2, -0.15) is 0 Å². The van der Waals surface area contributed by atoms with Crippen LogP contribution in [-0.4, -0.2) is 75.3 Å². The van der Waals surface area contributed by atoms with E-state index in [1.165, 1.54) is 13.3 Å². The van der Waals surface area contributed by atoms with Crippen molar-refractivity contribution in [1.29, 1.82) is 0 Å². The van der Waals surface area contributed by atoms with E-state index in [0.717, 1.165) is 0 Å². The maximum Gasteiger partial charge on any atom is 0.407 e. The Balaban J connectivity index is 1.92. The van der Waals surface area contributed by atoms with Gasteiger partial charge in [0.1, 0.15) is 11.4 Å². The monoisotopic (exact) mass is 478 g/mol. The summed E-state index contributed by atoms with van der Waals surface area (Å²) in [5, 5.41) is 19.0. The molecule has 3 heterocycles. The molecule has 1 atom stereocenters. The number of hydrogen-bond donors (Lipinski definition) is 1. The minimum atomic E-state index is -0.912. The van der Waals surface area contributed by atoms with E-state index in [0.29, 0.717) is 47.7 Å². The normalized spacial score (nSPS) is 19.2. The number of methoxy groups -OCH3 is 1. The summed E-state index contributed by atoms with van der Waals surface area (Å²) in [6.07, 6.45) is 2.16. The number of hydrogen-bond acceptors (Lipinski definition) is 8. The zero-order valence-corrected chi connectivity index (χ0v) is 20.6. The molecule has 1 fully saturated rings. The smallest absolute Gasteiger partial charge is 0.407 e. The number of rotatable bonds is 6. The van der Waals surface area contributed by atoms with E-state index >= 15 is 0 Å². The van der Waals surface area contributed by atoms with Gasteiger partial charge in [-0.15, -0.1) is 10.2 Å². The molecule has 0 aliphatic carbocycles. The van der Waals surface area contributed by atoms with Crippen LogP contribution in [0, 0.1) is 11.3 Å². The van der Waals surface area contributed by atoms with Crippen molar-refractivity contribution >= 4 is 23.6 Å². The highest BCUT2D eigenvalue weighted by molar-refractivity contribution is 6.30. The number of anilines is 1. The van der Waals surface area contributed by atoms with Gasteiger partial charge in [-0.3, -0.25) is 4.90 Å². The maximum absolute atomic E-state index is 12.1. The van der Waals surface area contributed by atoms with Crippen molar-refractivity contribution in [2.45, 2.75) is 40.2 Å². The first-order chi connectivity index (χ1) is 15.5. The highest BCUT2D eigenvalue weighted by atomic mass is 35.5. The molecule has 1 amide bonds. The average molecular weight is 479 g/mol. The minimum absolute atomic E-state index is 0.0336. The van der Waals surface area contributed by atoms with E-state index in [1.807, 2.05) is 4.90 Å². The second-order valence-electron chi connectivity index (χ2n) is 9.38. The lowest BCUT2D eigenvalue weighted by Crippen LogP contribution is -2.71. The lowest BCUT2D eigenvalue weighted by Gasteiger charge is -2.58. The second kappa shape index (κ2) is 9.64. The first-order valence-corrected chi connectivity index (χ1v) is 11.1. The minimum Gasteiger partial charge on any atom is -0.465 e. The molecule has 1 N–H and O–H groups in total. The number of nitrogens with zero attached hydrogens (tertiary/aromatic N) is 6. The molecule has 33 heavy (non-hydrogen) atoms. The molecule has 0 aromatic carbocycles. The summed E-state index contributed by atoms with van der Waals surface area (Å²) in [4.78, 5) is 24.5. The predicted octanol–water partition coefficient (Wildman–Crippen LogP) is 3.81. The van der Waals surface area contributed by atoms with Crippen molar-refractivity contribution in [3.8, 4) is 17.1 Å². The van der Waals surface area contributed by atoms with Gasteiger partial charge in [0, 0.05) is 39.0 Å². The van der Waals surface area contributed by atoms with Gasteiger partial charge in [0.15, 0.2) is 12.5 Å². The molecule has 1 aliphatic heterocycles. The summed E-state index contributed by atoms with van der Waals surface area (Å²) < 4.78 is 10.5. The third-order valence-electron chi connectivity index (χ3n) is 6.22. The third-order valence-corrected chi connectivity index (χ3v) is 6.43. The predicted molar refractivity (Wildman–Crippen MR) is 125 cm³/mol. The lowest BCUT2D eigenvalue weighted by molar-refractivity contribution is -0.0379. The van der Waals surface area contributed by atoms with Crippen LogP contribution in [0.1, 0.15) is 34.6 Å². The molecule has 0 saturated carbocycles. The quantitative estimate of drug-likeness (QED) is 0.619. The Morgan fingerprint density at radius 2 is 1.97 bits per heavy atom. The van der Waals surface area contributed by atoms with Crippen molar-refractivity contribution in [2.24, 2.45) is 11.3 Å². The fraction of sp³-hybridized carbons (Fsp3) is 0.591. The van der Waals surface area contributed by atoms with Gasteiger partial charge in [0.2, 0.25) is 5.95 Å². The van der Waals surface area contributed by atoms with Gasteiger partial charge in [-0.1, -0.05) is 46.2 Å². The van der Waals surface area contributed by atoms with Gasteiger partial charge in [0.05, 0.1) is 16.8 Å². The van der Waals surface area contributed by atoms with Gasteiger partial charge >= 0.3 is 6.09 Å². The Morgan fingerprint density at radius 1 is 1.24 bits per heavy atom. The Labute approximate surface area is 198 Å². The van der Waals surface area contributed by atoms with E-state index < -0.39 is 11.6 Å². The van der Waals surface area contributed by atoms with Gasteiger partial charge in [-0.25, -0.2) is 14.8 Å². The van der Waals surface area contributed by atoms with E-state index in [1.54, 1.807) is 17.2 Å². The third kappa shape index (κ3) is 4.81. The number of carbonyl (C=O) groups is 1. The van der Waals surface area contributed by atoms with Crippen LogP contribution >= 0.6 is 11.6 Å². The zero-order chi connectivity index (χ0) is 24.4. The Kier molecular flexibility index (Phi) is 7.28. The summed E-state index contributed by atoms with van der Waals surface area (Å²) >= 11 is 6.05. The molecular formula is C22H31ClN6O4. The van der Waals surface area contributed by atoms with Crippen LogP contribution in [0.3, 0.4) is 0 Å². The molecular weight excluding hydrogens is 448 g/mol. The Bertz CT molecular complexity index is 982. The fourth-order valence-electron chi connectivity index (χ4n) is 4.68. The summed E-state index contributed by atoms with van der Waals surface area (Å²) in [7, 11) is 1.52. The number of halogens is 1. The number of carboxylic acid groups (broad SMARTS) is 1. The highest BCUT2D eigenvalue weighted by Crippen LogP contribution is 2.44. The van der Waals surface area contributed by atoms with E-state index in [9.17, 15) is 9.90 Å². The van der Waals surface area contributed by atoms with Crippen molar-refractivity contribution < 1.29 is 19.4 Å². The summed E-state index contributed by atoms with van der Waals surface area (Å²) in [5.41, 5.74) is -0.0636. The molecule has 1 aliphatic rings. The number of pyridine rings is 1. The number of piperazine rings is 1. The molecule has 0 radical (unpaired) electrons. The largest absolute Gasteiger partial charge is 0.465 e. The SMILES string of the molecule is COCOc1cc(Cl)cnc1-c1cnc(N2CCN(C(=O)O)[C@@](C(C)C)(C(C)(C)C)C2)nn1. The molecule has 0 unspecified atom stereocenters. The van der Waals surface area contributed by atoms with Crippen LogP contribution < -0.4 is 9.64 Å². The van der Waals surface area contributed by atoms with Gasteiger partial charge in [0.25, 0.3) is 0 Å². The van der Waals surface area contributed by atoms with Crippen LogP contribution in [0.4, 0.5) is 10.7 Å². The fourth-order valence-corrected chi connectivity index (χ4v) is 4.83. The molecule has 3 rings (SSSR count). The first-order valence-electron chi connectivity index (χ1n) is 10.7. The van der Waals surface area contributed by atoms with Crippen LogP contribution in [0.25, 0.3) is 11.4 Å². The molecule has 0 bridgehead atoms. The topological polar surface area (TPSA) is 114 Å². The first kappa shape index (κ1) is 24.9. The number of aromatic nitrogens is 4. The van der Waals surface area contributed by atoms with E-state index in [4.69, 9.17) is 21.1 Å². The summed E-state index contributed by atoms with van der Waals surface area (Å²) in [6, 6.07) is 1.63. The molecule has 2 aromatic rings. The molecule has 0 spiro atoms. The van der Waals surface area contributed by atoms with Crippen LogP contribution in [0.15, 0.2) is 18.5 Å².